The lowest BCUT2D eigenvalue weighted by Crippen LogP contribution is -2.44. The van der Waals surface area contributed by atoms with E-state index >= 15 is 0 Å². The number of anilines is 1. The molecular formula is C21H30N4O4S. The summed E-state index contributed by atoms with van der Waals surface area (Å²) >= 11 is 1.11. The predicted octanol–water partition coefficient (Wildman–Crippen LogP) is 2.68. The highest BCUT2D eigenvalue weighted by atomic mass is 32.1. The largest absolute Gasteiger partial charge is 0.470 e. The molecule has 1 aromatic carbocycles. The highest BCUT2D eigenvalue weighted by Crippen LogP contribution is 2.26. The molecule has 1 aromatic heterocycles. The van der Waals surface area contributed by atoms with Crippen LogP contribution in [-0.2, 0) is 9.47 Å². The van der Waals surface area contributed by atoms with Crippen molar-refractivity contribution in [2.45, 2.75) is 39.3 Å². The summed E-state index contributed by atoms with van der Waals surface area (Å²) in [6.45, 7) is 11.5. The highest BCUT2D eigenvalue weighted by molar-refractivity contribution is 6.99. The number of aryl methyl sites for hydroxylation is 1. The summed E-state index contributed by atoms with van der Waals surface area (Å²) < 4.78 is 25.8. The molecule has 0 aliphatic carbocycles. The smallest absolute Gasteiger partial charge is 0.338 e. The summed E-state index contributed by atoms with van der Waals surface area (Å²) in [7, 11) is 0. The number of nitrogens with one attached hydrogen (secondary N) is 1. The first-order valence-electron chi connectivity index (χ1n) is 10.1. The lowest BCUT2D eigenvalue weighted by molar-refractivity contribution is 0.0156. The van der Waals surface area contributed by atoms with Crippen LogP contribution in [0.5, 0.6) is 5.88 Å². The summed E-state index contributed by atoms with van der Waals surface area (Å²) in [5.74, 6) is 0.827. The summed E-state index contributed by atoms with van der Waals surface area (Å²) in [4.78, 5) is 14.8. The van der Waals surface area contributed by atoms with Crippen molar-refractivity contribution in [1.29, 1.82) is 0 Å². The molecule has 0 spiro atoms. The molecule has 9 heteroatoms. The monoisotopic (exact) mass is 434 g/mol. The first-order valence-corrected chi connectivity index (χ1v) is 10.9. The Labute approximate surface area is 181 Å². The van der Waals surface area contributed by atoms with Crippen LogP contribution in [0.3, 0.4) is 0 Å². The second kappa shape index (κ2) is 10.2. The van der Waals surface area contributed by atoms with Crippen molar-refractivity contribution in [2.75, 3.05) is 44.4 Å². The average molecular weight is 435 g/mol. The Hall–Kier alpha value is -2.23. The van der Waals surface area contributed by atoms with E-state index in [2.05, 4.69) is 39.7 Å². The molecule has 1 N–H and O–H groups in total. The number of ether oxygens (including phenoxy) is 3. The van der Waals surface area contributed by atoms with E-state index in [0.717, 1.165) is 36.2 Å². The normalized spacial score (nSPS) is 15.7. The molecule has 2 heterocycles. The molecule has 3 rings (SSSR count). The van der Waals surface area contributed by atoms with Crippen molar-refractivity contribution in [2.24, 2.45) is 0 Å². The number of hydrogen-bond donors (Lipinski definition) is 1. The molecule has 2 aromatic rings. The first kappa shape index (κ1) is 22.5. The van der Waals surface area contributed by atoms with Gasteiger partial charge in [0.2, 0.25) is 5.82 Å². The van der Waals surface area contributed by atoms with Gasteiger partial charge in [-0.3, -0.25) is 0 Å². The molecule has 1 aliphatic heterocycles. The van der Waals surface area contributed by atoms with E-state index in [0.29, 0.717) is 31.2 Å². The Kier molecular flexibility index (Phi) is 7.63. The Balaban J connectivity index is 1.66. The average Bonchev–Trinajstić information content (AvgIpc) is 3.19. The lowest BCUT2D eigenvalue weighted by Gasteiger charge is -2.27. The number of benzene rings is 1. The maximum absolute atomic E-state index is 12.7. The molecule has 1 aliphatic rings. The van der Waals surface area contributed by atoms with E-state index in [9.17, 15) is 4.79 Å². The zero-order valence-corrected chi connectivity index (χ0v) is 18.8. The van der Waals surface area contributed by atoms with Gasteiger partial charge in [-0.15, -0.1) is 4.37 Å². The molecular weight excluding hydrogens is 404 g/mol. The van der Waals surface area contributed by atoms with Crippen molar-refractivity contribution in [3.8, 4) is 5.88 Å². The van der Waals surface area contributed by atoms with Crippen LogP contribution >= 0.6 is 11.7 Å². The number of aromatic nitrogens is 2. The fourth-order valence-electron chi connectivity index (χ4n) is 2.98. The minimum absolute atomic E-state index is 0.117. The molecule has 1 fully saturated rings. The molecule has 1 unspecified atom stereocenters. The van der Waals surface area contributed by atoms with Gasteiger partial charge in [-0.2, -0.15) is 4.37 Å². The summed E-state index contributed by atoms with van der Waals surface area (Å²) in [5, 5.41) is 3.38. The molecule has 164 valence electrons. The van der Waals surface area contributed by atoms with Crippen LogP contribution in [0.2, 0.25) is 0 Å². The third kappa shape index (κ3) is 6.38. The number of hydrogen-bond acceptors (Lipinski definition) is 9. The number of carbonyl (C=O) groups excluding carboxylic acids is 1. The SMILES string of the molecule is Cc1ccccc1C(=O)OC(CNC(C)(C)C)COc1nsnc1N1CCOCC1. The van der Waals surface area contributed by atoms with E-state index in [4.69, 9.17) is 14.2 Å². The number of nitrogens with zero attached hydrogens (tertiary/aromatic N) is 3. The Bertz CT molecular complexity index is 830. The third-order valence-corrected chi connectivity index (χ3v) is 5.16. The van der Waals surface area contributed by atoms with Crippen LogP contribution in [-0.4, -0.2) is 65.8 Å². The number of morpholine rings is 1. The van der Waals surface area contributed by atoms with Gasteiger partial charge >= 0.3 is 5.97 Å². The summed E-state index contributed by atoms with van der Waals surface area (Å²) in [6.07, 6.45) is -0.476. The Morgan fingerprint density at radius 2 is 2.00 bits per heavy atom. The van der Waals surface area contributed by atoms with Crippen molar-refractivity contribution < 1.29 is 19.0 Å². The van der Waals surface area contributed by atoms with Crippen LogP contribution in [0.1, 0.15) is 36.7 Å². The van der Waals surface area contributed by atoms with E-state index < -0.39 is 6.10 Å². The quantitative estimate of drug-likeness (QED) is 0.635. The van der Waals surface area contributed by atoms with E-state index in [-0.39, 0.29) is 18.1 Å². The van der Waals surface area contributed by atoms with Gasteiger partial charge in [0.1, 0.15) is 12.7 Å². The summed E-state index contributed by atoms with van der Waals surface area (Å²) in [5.41, 5.74) is 1.32. The molecule has 1 saturated heterocycles. The minimum atomic E-state index is -0.476. The molecule has 30 heavy (non-hydrogen) atoms. The first-order chi connectivity index (χ1) is 14.3. The third-order valence-electron chi connectivity index (χ3n) is 4.66. The predicted molar refractivity (Wildman–Crippen MR) is 117 cm³/mol. The summed E-state index contributed by atoms with van der Waals surface area (Å²) in [6, 6.07) is 7.40. The van der Waals surface area contributed by atoms with Gasteiger partial charge in [0.25, 0.3) is 5.88 Å². The van der Waals surface area contributed by atoms with Crippen LogP contribution in [0.25, 0.3) is 0 Å². The molecule has 0 bridgehead atoms. The van der Waals surface area contributed by atoms with Crippen molar-refractivity contribution in [3.63, 3.8) is 0 Å². The topological polar surface area (TPSA) is 85.8 Å². The van der Waals surface area contributed by atoms with Crippen LogP contribution in [0.4, 0.5) is 5.82 Å². The van der Waals surface area contributed by atoms with Crippen LogP contribution < -0.4 is 15.0 Å². The van der Waals surface area contributed by atoms with E-state index in [1.54, 1.807) is 6.07 Å². The number of esters is 1. The van der Waals surface area contributed by atoms with Crippen LogP contribution in [0, 0.1) is 6.92 Å². The zero-order chi connectivity index (χ0) is 21.6. The van der Waals surface area contributed by atoms with Gasteiger partial charge < -0.3 is 24.4 Å². The van der Waals surface area contributed by atoms with Gasteiger partial charge in [-0.25, -0.2) is 4.79 Å². The van der Waals surface area contributed by atoms with Gasteiger partial charge in [0.15, 0.2) is 0 Å². The minimum Gasteiger partial charge on any atom is -0.470 e. The van der Waals surface area contributed by atoms with E-state index in [1.807, 2.05) is 25.1 Å². The molecule has 0 amide bonds. The molecule has 8 nitrogen and oxygen atoms in total. The Morgan fingerprint density at radius 1 is 1.27 bits per heavy atom. The van der Waals surface area contributed by atoms with Gasteiger partial charge in [-0.05, 0) is 39.3 Å². The maximum atomic E-state index is 12.7. The zero-order valence-electron chi connectivity index (χ0n) is 18.0. The number of carbonyl (C=O) groups is 1. The van der Waals surface area contributed by atoms with Crippen molar-refractivity contribution >= 4 is 23.5 Å². The second-order valence-corrected chi connectivity index (χ2v) is 8.80. The highest BCUT2D eigenvalue weighted by Gasteiger charge is 2.24. The second-order valence-electron chi connectivity index (χ2n) is 8.28. The maximum Gasteiger partial charge on any atom is 0.338 e. The molecule has 0 saturated carbocycles. The lowest BCUT2D eigenvalue weighted by atomic mass is 10.1. The molecule has 0 radical (unpaired) electrons. The van der Waals surface area contributed by atoms with Gasteiger partial charge in [0, 0.05) is 25.2 Å². The van der Waals surface area contributed by atoms with E-state index in [1.165, 1.54) is 0 Å². The van der Waals surface area contributed by atoms with Crippen molar-refractivity contribution in [3.05, 3.63) is 35.4 Å². The fraction of sp³-hybridized carbons (Fsp3) is 0.571. The Morgan fingerprint density at radius 3 is 2.70 bits per heavy atom. The fourth-order valence-corrected chi connectivity index (χ4v) is 3.50. The molecule has 1 atom stereocenters. The van der Waals surface area contributed by atoms with Crippen molar-refractivity contribution in [1.82, 2.24) is 14.1 Å². The standard InChI is InChI=1S/C21H30N4O4S/c1-15-7-5-6-8-17(15)20(26)29-16(13-22-21(2,3)4)14-28-19-18(23-30-24-19)25-9-11-27-12-10-25/h5-8,16,22H,9-14H2,1-4H3. The van der Waals surface area contributed by atoms with Gasteiger partial charge in [-0.1, -0.05) is 18.2 Å². The van der Waals surface area contributed by atoms with Crippen LogP contribution in [0.15, 0.2) is 24.3 Å². The number of rotatable bonds is 8. The van der Waals surface area contributed by atoms with Gasteiger partial charge in [0.05, 0.1) is 30.5 Å².